The van der Waals surface area contributed by atoms with Crippen molar-refractivity contribution in [2.45, 2.75) is 52.6 Å². The van der Waals surface area contributed by atoms with E-state index in [0.717, 1.165) is 0 Å². The molecule has 14 heteroatoms. The Morgan fingerprint density at radius 2 is 1.79 bits per heavy atom. The number of nitrogens with two attached hydrogens (primary N) is 1. The van der Waals surface area contributed by atoms with Gasteiger partial charge in [0.2, 0.25) is 5.91 Å². The van der Waals surface area contributed by atoms with Crippen molar-refractivity contribution in [3.05, 3.63) is 84.9 Å². The van der Waals surface area contributed by atoms with Gasteiger partial charge in [0.15, 0.2) is 11.6 Å². The Morgan fingerprint density at radius 3 is 2.36 bits per heavy atom. The third-order valence-corrected chi connectivity index (χ3v) is 9.45. The average molecular weight is 701 g/mol. The molecule has 1 fully saturated rings. The molecule has 1 aliphatic rings. The number of hydrogen-bond acceptors (Lipinski definition) is 7. The fourth-order valence-corrected chi connectivity index (χ4v) is 6.90. The summed E-state index contributed by atoms with van der Waals surface area (Å²) in [5.41, 5.74) is 5.76. The molecule has 1 saturated heterocycles. The van der Waals surface area contributed by atoms with E-state index in [1.807, 2.05) is 32.6 Å². The summed E-state index contributed by atoms with van der Waals surface area (Å²) in [6.07, 6.45) is 2.85. The molecular formula is C33H30Cl3F2N7O2. The number of benzene rings is 1. The lowest BCUT2D eigenvalue weighted by atomic mass is 10.0. The number of aromatic nitrogens is 3. The minimum atomic E-state index is -1.45. The number of nitrogen functional groups attached to an aromatic ring is 1. The zero-order valence-corrected chi connectivity index (χ0v) is 28.4. The van der Waals surface area contributed by atoms with Crippen molar-refractivity contribution >= 4 is 63.1 Å². The van der Waals surface area contributed by atoms with E-state index >= 15 is 4.39 Å². The smallest absolute Gasteiger partial charge is 0.276 e. The van der Waals surface area contributed by atoms with Gasteiger partial charge in [-0.05, 0) is 50.5 Å². The molecule has 0 saturated carbocycles. The molecule has 1 aromatic carbocycles. The highest BCUT2D eigenvalue weighted by Crippen LogP contribution is 2.44. The first kappa shape index (κ1) is 34.1. The van der Waals surface area contributed by atoms with Crippen LogP contribution in [0.15, 0.2) is 35.8 Å². The van der Waals surface area contributed by atoms with E-state index in [1.54, 1.807) is 24.1 Å². The second-order valence-corrected chi connectivity index (χ2v) is 12.9. The van der Waals surface area contributed by atoms with Crippen molar-refractivity contribution in [2.24, 2.45) is 0 Å². The first-order valence-corrected chi connectivity index (χ1v) is 15.8. The lowest BCUT2D eigenvalue weighted by molar-refractivity contribution is -0.130. The van der Waals surface area contributed by atoms with Crippen LogP contribution in [0.4, 0.5) is 20.2 Å². The van der Waals surface area contributed by atoms with Crippen LogP contribution in [0.2, 0.25) is 15.1 Å². The van der Waals surface area contributed by atoms with Gasteiger partial charge >= 0.3 is 0 Å². The summed E-state index contributed by atoms with van der Waals surface area (Å²) in [6, 6.07) is 4.56. The Balaban J connectivity index is 1.95. The standard InChI is InChI=1S/C33H30Cl3F2N7O2/c1-7-21(46)44-16(5)12-43(13-17(44)6)31-18-10-20(34)29(22-25(37)26(38)23(35)24(36)27(22)40)42-32(18)45(33(47)19(31)11-39)30-15(4)8-9-41-28(30)14(2)3/h7-10,14,16-17H,1,12-13,40H2,2-6H3/t16-,17+. The molecule has 0 aliphatic carbocycles. The molecule has 0 unspecified atom stereocenters. The molecule has 3 aromatic heterocycles. The fraction of sp³-hybridized carbons (Fsp3) is 0.303. The van der Waals surface area contributed by atoms with Gasteiger partial charge in [-0.1, -0.05) is 55.2 Å². The van der Waals surface area contributed by atoms with Crippen molar-refractivity contribution in [3.8, 4) is 23.0 Å². The normalized spacial score (nSPS) is 16.6. The lowest BCUT2D eigenvalue weighted by Crippen LogP contribution is -2.58. The average Bonchev–Trinajstić information content (AvgIpc) is 3.02. The SMILES string of the molecule is C=CC(=O)N1[C@H](C)CN(c2c(C#N)c(=O)n(-c3c(C)ccnc3C(C)C)c3nc(-c4c(N)c(Cl)c(Cl)c(F)c4F)c(Cl)cc23)C[C@@H]1C. The van der Waals surface area contributed by atoms with E-state index in [-0.39, 0.29) is 70.0 Å². The molecule has 0 spiro atoms. The third kappa shape index (κ3) is 5.48. The Kier molecular flexibility index (Phi) is 9.25. The molecule has 1 aliphatic heterocycles. The van der Waals surface area contributed by atoms with Crippen molar-refractivity contribution in [2.75, 3.05) is 23.7 Å². The maximum Gasteiger partial charge on any atom is 0.276 e. The van der Waals surface area contributed by atoms with Crippen molar-refractivity contribution in [1.29, 1.82) is 5.26 Å². The number of nitrogens with zero attached hydrogens (tertiary/aromatic N) is 6. The summed E-state index contributed by atoms with van der Waals surface area (Å²) in [4.78, 5) is 39.9. The molecule has 9 nitrogen and oxygen atoms in total. The minimum Gasteiger partial charge on any atom is -0.397 e. The maximum absolute atomic E-state index is 15.5. The third-order valence-electron chi connectivity index (χ3n) is 8.32. The number of halogens is 5. The number of aryl methyl sites for hydroxylation is 1. The number of rotatable bonds is 5. The summed E-state index contributed by atoms with van der Waals surface area (Å²) in [7, 11) is 0. The number of piperazine rings is 1. The quantitative estimate of drug-likeness (QED) is 0.101. The monoisotopic (exact) mass is 699 g/mol. The minimum absolute atomic E-state index is 0.0171. The molecule has 4 heterocycles. The van der Waals surface area contributed by atoms with Crippen LogP contribution in [-0.2, 0) is 4.79 Å². The van der Waals surface area contributed by atoms with Gasteiger partial charge in [0.1, 0.15) is 22.3 Å². The highest BCUT2D eigenvalue weighted by molar-refractivity contribution is 6.44. The van der Waals surface area contributed by atoms with Crippen LogP contribution in [-0.4, -0.2) is 50.5 Å². The molecule has 5 rings (SSSR count). The van der Waals surface area contributed by atoms with E-state index in [9.17, 15) is 19.2 Å². The largest absolute Gasteiger partial charge is 0.397 e. The van der Waals surface area contributed by atoms with E-state index in [2.05, 4.69) is 22.6 Å². The highest BCUT2D eigenvalue weighted by Gasteiger charge is 2.36. The number of hydrogen-bond donors (Lipinski definition) is 1. The Hall–Kier alpha value is -4.24. The molecule has 4 aromatic rings. The summed E-state index contributed by atoms with van der Waals surface area (Å²) >= 11 is 18.8. The van der Waals surface area contributed by atoms with Gasteiger partial charge in [0.25, 0.3) is 5.56 Å². The van der Waals surface area contributed by atoms with Gasteiger partial charge in [0, 0.05) is 36.8 Å². The fourth-order valence-electron chi connectivity index (χ4n) is 6.29. The number of pyridine rings is 3. The lowest BCUT2D eigenvalue weighted by Gasteiger charge is -2.45. The zero-order valence-electron chi connectivity index (χ0n) is 26.1. The number of amides is 1. The molecule has 2 atom stereocenters. The molecule has 1 amide bonds. The van der Waals surface area contributed by atoms with Crippen molar-refractivity contribution < 1.29 is 13.6 Å². The summed E-state index contributed by atoms with van der Waals surface area (Å²) in [6.45, 7) is 13.4. The summed E-state index contributed by atoms with van der Waals surface area (Å²) < 4.78 is 31.7. The Bertz CT molecular complexity index is 2050. The van der Waals surface area contributed by atoms with Gasteiger partial charge in [-0.15, -0.1) is 0 Å². The number of carbonyl (C=O) groups is 1. The van der Waals surface area contributed by atoms with Crippen LogP contribution < -0.4 is 16.2 Å². The second kappa shape index (κ2) is 12.8. The van der Waals surface area contributed by atoms with Crippen LogP contribution >= 0.6 is 34.8 Å². The number of anilines is 2. The van der Waals surface area contributed by atoms with E-state index in [4.69, 9.17) is 40.5 Å². The topological polar surface area (TPSA) is 121 Å². The van der Waals surface area contributed by atoms with Crippen LogP contribution in [0.3, 0.4) is 0 Å². The number of fused-ring (bicyclic) bond motifs is 1. The van der Waals surface area contributed by atoms with Crippen LogP contribution in [0.25, 0.3) is 28.0 Å². The van der Waals surface area contributed by atoms with E-state index < -0.39 is 38.5 Å². The zero-order chi connectivity index (χ0) is 34.6. The van der Waals surface area contributed by atoms with Gasteiger partial charge in [-0.3, -0.25) is 19.1 Å². The first-order valence-electron chi connectivity index (χ1n) is 14.6. The van der Waals surface area contributed by atoms with Gasteiger partial charge in [-0.2, -0.15) is 5.26 Å². The molecular weight excluding hydrogens is 671 g/mol. The first-order chi connectivity index (χ1) is 22.2. The molecule has 244 valence electrons. The van der Waals surface area contributed by atoms with Gasteiger partial charge in [-0.25, -0.2) is 13.8 Å². The van der Waals surface area contributed by atoms with Gasteiger partial charge in [0.05, 0.1) is 44.1 Å². The Morgan fingerprint density at radius 1 is 1.15 bits per heavy atom. The van der Waals surface area contributed by atoms with Crippen molar-refractivity contribution in [1.82, 2.24) is 19.4 Å². The predicted octanol–water partition coefficient (Wildman–Crippen LogP) is 7.18. The number of nitriles is 1. The predicted molar refractivity (Wildman–Crippen MR) is 182 cm³/mol. The Labute approximate surface area is 284 Å². The molecule has 0 bridgehead atoms. The van der Waals surface area contributed by atoms with E-state index in [1.165, 1.54) is 16.7 Å². The highest BCUT2D eigenvalue weighted by atomic mass is 35.5. The van der Waals surface area contributed by atoms with Crippen LogP contribution in [0.1, 0.15) is 50.4 Å². The maximum atomic E-state index is 15.5. The van der Waals surface area contributed by atoms with Crippen molar-refractivity contribution in [3.63, 3.8) is 0 Å². The summed E-state index contributed by atoms with van der Waals surface area (Å²) in [5.74, 6) is -3.30. The number of carbonyl (C=O) groups excluding carboxylic acids is 1. The van der Waals surface area contributed by atoms with Gasteiger partial charge < -0.3 is 15.5 Å². The second-order valence-electron chi connectivity index (χ2n) is 11.8. The molecule has 47 heavy (non-hydrogen) atoms. The van der Waals surface area contributed by atoms with Crippen LogP contribution in [0, 0.1) is 29.9 Å². The molecule has 2 N–H and O–H groups in total. The molecule has 0 radical (unpaired) electrons. The summed E-state index contributed by atoms with van der Waals surface area (Å²) in [5, 5.41) is 9.48. The van der Waals surface area contributed by atoms with E-state index in [0.29, 0.717) is 16.9 Å². The van der Waals surface area contributed by atoms with Crippen LogP contribution in [0.5, 0.6) is 0 Å².